The van der Waals surface area contributed by atoms with E-state index in [1.807, 2.05) is 39.0 Å². The Morgan fingerprint density at radius 1 is 0.761 bits per heavy atom. The van der Waals surface area contributed by atoms with Crippen molar-refractivity contribution < 1.29 is 38.5 Å². The number of methoxy groups -OCH3 is 3. The summed E-state index contributed by atoms with van der Waals surface area (Å²) < 4.78 is 16.1. The Morgan fingerprint density at radius 2 is 1.46 bits per heavy atom. The molecule has 0 saturated heterocycles. The molecule has 0 aliphatic heterocycles. The van der Waals surface area contributed by atoms with Crippen LogP contribution in [0.1, 0.15) is 50.3 Å². The molecule has 0 bridgehead atoms. The molecule has 0 radical (unpaired) electrons. The SMILES string of the molecule is COc1cc(NC(=O)Nc2ccccc2C)ccc1NC(=O)CC(CC(C)C)C(=O)N[C@@H](CC(=O)O)c1ccc(OC)c(OC)c1. The van der Waals surface area contributed by atoms with Crippen LogP contribution >= 0.6 is 0 Å². The first-order valence-electron chi connectivity index (χ1n) is 14.8. The maximum Gasteiger partial charge on any atom is 0.323 e. The maximum atomic E-state index is 13.5. The summed E-state index contributed by atoms with van der Waals surface area (Å²) in [6.07, 6.45) is -0.138. The molecule has 5 N–H and O–H groups in total. The van der Waals surface area contributed by atoms with E-state index in [0.29, 0.717) is 46.3 Å². The number of aliphatic carboxylic acids is 1. The van der Waals surface area contributed by atoms with E-state index in [1.165, 1.54) is 21.3 Å². The van der Waals surface area contributed by atoms with Gasteiger partial charge in [0, 0.05) is 29.8 Å². The van der Waals surface area contributed by atoms with Gasteiger partial charge in [-0.3, -0.25) is 14.4 Å². The summed E-state index contributed by atoms with van der Waals surface area (Å²) in [5.74, 6) is -1.48. The van der Waals surface area contributed by atoms with Crippen molar-refractivity contribution >= 4 is 40.9 Å². The van der Waals surface area contributed by atoms with Crippen molar-refractivity contribution in [2.45, 2.75) is 46.1 Å². The number of rotatable bonds is 15. The molecule has 3 rings (SSSR count). The summed E-state index contributed by atoms with van der Waals surface area (Å²) in [5.41, 5.74) is 2.91. The molecule has 12 nitrogen and oxygen atoms in total. The predicted molar refractivity (Wildman–Crippen MR) is 176 cm³/mol. The van der Waals surface area contributed by atoms with Gasteiger partial charge in [0.05, 0.1) is 39.5 Å². The molecule has 0 spiro atoms. The van der Waals surface area contributed by atoms with Crippen LogP contribution in [0.2, 0.25) is 0 Å². The number of ether oxygens (including phenoxy) is 3. The second-order valence-corrected chi connectivity index (χ2v) is 11.2. The first-order valence-corrected chi connectivity index (χ1v) is 14.8. The lowest BCUT2D eigenvalue weighted by Gasteiger charge is -2.24. The zero-order valence-electron chi connectivity index (χ0n) is 26.9. The van der Waals surface area contributed by atoms with Crippen LogP contribution in [0.3, 0.4) is 0 Å². The summed E-state index contributed by atoms with van der Waals surface area (Å²) >= 11 is 0. The van der Waals surface area contributed by atoms with Gasteiger partial charge < -0.3 is 40.6 Å². The predicted octanol–water partition coefficient (Wildman–Crippen LogP) is 5.99. The normalized spacial score (nSPS) is 12.0. The molecule has 3 aromatic carbocycles. The third kappa shape index (κ3) is 10.1. The van der Waals surface area contributed by atoms with Crippen LogP contribution in [0, 0.1) is 18.8 Å². The molecule has 0 heterocycles. The standard InChI is InChI=1S/C34H42N4O8/c1-20(2)15-23(33(42)37-27(19-32(40)41)22-11-14-28(44-4)30(16-22)46-6)17-31(39)36-26-13-12-24(18-29(26)45-5)35-34(43)38-25-10-8-7-9-21(25)3/h7-14,16,18,20,23,27H,15,17,19H2,1-6H3,(H,36,39)(H,37,42)(H,40,41)(H2,35,38,43)/t23?,27-/m0/s1. The first kappa shape index (κ1) is 35.2. The van der Waals surface area contributed by atoms with E-state index in [9.17, 15) is 24.3 Å². The third-order valence-electron chi connectivity index (χ3n) is 7.19. The molecule has 12 heteroatoms. The van der Waals surface area contributed by atoms with Gasteiger partial charge in [-0.25, -0.2) is 4.79 Å². The van der Waals surface area contributed by atoms with Gasteiger partial charge >= 0.3 is 12.0 Å². The van der Waals surface area contributed by atoms with Crippen LogP contribution in [0.4, 0.5) is 21.9 Å². The van der Waals surface area contributed by atoms with Crippen LogP contribution < -0.4 is 35.5 Å². The lowest BCUT2D eigenvalue weighted by molar-refractivity contribution is -0.138. The van der Waals surface area contributed by atoms with Crippen molar-refractivity contribution in [1.29, 1.82) is 0 Å². The number of carboxylic acid groups (broad SMARTS) is 1. The number of carbonyl (C=O) groups excluding carboxylic acids is 3. The van der Waals surface area contributed by atoms with E-state index >= 15 is 0 Å². The molecule has 4 amide bonds. The molecular weight excluding hydrogens is 592 g/mol. The summed E-state index contributed by atoms with van der Waals surface area (Å²) in [6.45, 7) is 5.76. The number of urea groups is 1. The zero-order chi connectivity index (χ0) is 33.8. The second-order valence-electron chi connectivity index (χ2n) is 11.2. The Bertz CT molecular complexity index is 1540. The summed E-state index contributed by atoms with van der Waals surface area (Å²) in [6, 6.07) is 15.8. The van der Waals surface area contributed by atoms with Gasteiger partial charge in [0.25, 0.3) is 0 Å². The second kappa shape index (κ2) is 16.7. The van der Waals surface area contributed by atoms with Crippen molar-refractivity contribution in [1.82, 2.24) is 5.32 Å². The van der Waals surface area contributed by atoms with Crippen molar-refractivity contribution in [2.75, 3.05) is 37.3 Å². The Hall–Kier alpha value is -5.26. The van der Waals surface area contributed by atoms with E-state index < -0.39 is 35.8 Å². The number of carboxylic acids is 1. The number of carbonyl (C=O) groups is 4. The molecule has 3 aromatic rings. The van der Waals surface area contributed by atoms with Crippen LogP contribution in [0.25, 0.3) is 0 Å². The van der Waals surface area contributed by atoms with Crippen LogP contribution in [-0.2, 0) is 14.4 Å². The van der Waals surface area contributed by atoms with E-state index in [4.69, 9.17) is 14.2 Å². The average molecular weight is 635 g/mol. The van der Waals surface area contributed by atoms with Gasteiger partial charge in [-0.1, -0.05) is 38.1 Å². The smallest absolute Gasteiger partial charge is 0.323 e. The van der Waals surface area contributed by atoms with Crippen LogP contribution in [-0.4, -0.2) is 50.3 Å². The van der Waals surface area contributed by atoms with E-state index in [2.05, 4.69) is 21.3 Å². The van der Waals surface area contributed by atoms with Gasteiger partial charge in [-0.15, -0.1) is 0 Å². The zero-order valence-corrected chi connectivity index (χ0v) is 26.9. The summed E-state index contributed by atoms with van der Waals surface area (Å²) in [4.78, 5) is 51.0. The molecule has 0 aliphatic carbocycles. The molecule has 46 heavy (non-hydrogen) atoms. The highest BCUT2D eigenvalue weighted by Gasteiger charge is 2.28. The topological polar surface area (TPSA) is 164 Å². The van der Waals surface area contributed by atoms with Crippen LogP contribution in [0.15, 0.2) is 60.7 Å². The monoisotopic (exact) mass is 634 g/mol. The van der Waals surface area contributed by atoms with E-state index in [-0.39, 0.29) is 18.8 Å². The number of nitrogens with one attached hydrogen (secondary N) is 4. The van der Waals surface area contributed by atoms with Gasteiger partial charge in [0.2, 0.25) is 11.8 Å². The van der Waals surface area contributed by atoms with Gasteiger partial charge in [-0.2, -0.15) is 0 Å². The number of amides is 4. The molecule has 0 fully saturated rings. The minimum absolute atomic E-state index is 0.0771. The number of aryl methyl sites for hydroxylation is 1. The lowest BCUT2D eigenvalue weighted by Crippen LogP contribution is -2.37. The van der Waals surface area contributed by atoms with Crippen molar-refractivity contribution in [3.8, 4) is 17.2 Å². The minimum atomic E-state index is -1.10. The van der Waals surface area contributed by atoms with Gasteiger partial charge in [0.1, 0.15) is 5.75 Å². The first-order chi connectivity index (χ1) is 21.9. The summed E-state index contributed by atoms with van der Waals surface area (Å²) in [7, 11) is 4.39. The Balaban J connectivity index is 1.72. The number of hydrogen-bond donors (Lipinski definition) is 5. The highest BCUT2D eigenvalue weighted by atomic mass is 16.5. The molecule has 0 aromatic heterocycles. The Morgan fingerprint density at radius 3 is 2.09 bits per heavy atom. The molecule has 1 unspecified atom stereocenters. The van der Waals surface area contributed by atoms with Crippen molar-refractivity contribution in [3.05, 3.63) is 71.8 Å². The van der Waals surface area contributed by atoms with E-state index in [1.54, 1.807) is 42.5 Å². The van der Waals surface area contributed by atoms with Crippen molar-refractivity contribution in [2.24, 2.45) is 11.8 Å². The fourth-order valence-corrected chi connectivity index (χ4v) is 4.93. The highest BCUT2D eigenvalue weighted by molar-refractivity contribution is 6.01. The number of hydrogen-bond acceptors (Lipinski definition) is 7. The van der Waals surface area contributed by atoms with Crippen LogP contribution in [0.5, 0.6) is 17.2 Å². The van der Waals surface area contributed by atoms with Crippen molar-refractivity contribution in [3.63, 3.8) is 0 Å². The number of anilines is 3. The average Bonchev–Trinajstić information content (AvgIpc) is 3.01. The molecule has 2 atom stereocenters. The quantitative estimate of drug-likeness (QED) is 0.136. The maximum absolute atomic E-state index is 13.5. The van der Waals surface area contributed by atoms with Gasteiger partial charge in [-0.05, 0) is 60.7 Å². The Kier molecular flexibility index (Phi) is 12.8. The number of para-hydroxylation sites is 1. The fourth-order valence-electron chi connectivity index (χ4n) is 4.93. The van der Waals surface area contributed by atoms with E-state index in [0.717, 1.165) is 5.56 Å². The highest BCUT2D eigenvalue weighted by Crippen LogP contribution is 2.32. The molecule has 0 aliphatic rings. The lowest BCUT2D eigenvalue weighted by atomic mass is 9.92. The third-order valence-corrected chi connectivity index (χ3v) is 7.19. The largest absolute Gasteiger partial charge is 0.494 e. The number of benzene rings is 3. The van der Waals surface area contributed by atoms with Gasteiger partial charge in [0.15, 0.2) is 11.5 Å². The molecule has 246 valence electrons. The molecular formula is C34H42N4O8. The fraction of sp³-hybridized carbons (Fsp3) is 0.353. The summed E-state index contributed by atoms with van der Waals surface area (Å²) in [5, 5.41) is 20.7. The molecule has 0 saturated carbocycles. The minimum Gasteiger partial charge on any atom is -0.494 e. The Labute approximate surface area is 268 Å².